The Hall–Kier alpha value is -3.27. The molecule has 0 aliphatic rings. The average molecular weight is 534 g/mol. The zero-order valence-electron chi connectivity index (χ0n) is 22.6. The molecule has 37 heavy (non-hydrogen) atoms. The Morgan fingerprint density at radius 1 is 1.05 bits per heavy atom. The van der Waals surface area contributed by atoms with E-state index in [0.717, 1.165) is 16.1 Å². The number of carbonyl (C=O) groups excluding carboxylic acids is 2. The predicted molar refractivity (Wildman–Crippen MR) is 145 cm³/mol. The van der Waals surface area contributed by atoms with Gasteiger partial charge in [-0.15, -0.1) is 0 Å². The number of carbonyl (C=O) groups is 2. The normalized spacial score (nSPS) is 12.1. The van der Waals surface area contributed by atoms with Gasteiger partial charge in [0.2, 0.25) is 21.8 Å². The van der Waals surface area contributed by atoms with E-state index in [1.165, 1.54) is 4.90 Å². The summed E-state index contributed by atoms with van der Waals surface area (Å²) in [6.07, 6.45) is 1.40. The molecule has 0 saturated carbocycles. The molecule has 0 fully saturated rings. The minimum absolute atomic E-state index is 0.106. The number of nitrogens with one attached hydrogen (secondary N) is 1. The van der Waals surface area contributed by atoms with E-state index in [1.807, 2.05) is 26.8 Å². The first-order valence-corrected chi connectivity index (χ1v) is 14.3. The van der Waals surface area contributed by atoms with Gasteiger partial charge in [0.1, 0.15) is 24.1 Å². The highest BCUT2D eigenvalue weighted by Gasteiger charge is 2.32. The third-order valence-electron chi connectivity index (χ3n) is 5.67. The molecule has 2 aromatic rings. The van der Waals surface area contributed by atoms with Gasteiger partial charge in [-0.2, -0.15) is 0 Å². The van der Waals surface area contributed by atoms with Crippen molar-refractivity contribution < 1.29 is 27.5 Å². The standard InChI is InChI=1S/C27H39N3O6S/c1-7-23(27(32)28-17-20(3)4)29(18-21-12-11-13-22(16-21)35-5)26(31)19-30(37(6,33)34)24-14-9-10-15-25(24)36-8-2/h9-16,20,23H,7-8,17-19H2,1-6H3,(H,28,32)/t23-/m0/s1. The molecule has 2 rings (SSSR count). The van der Waals surface area contributed by atoms with Crippen molar-refractivity contribution in [3.63, 3.8) is 0 Å². The zero-order chi connectivity index (χ0) is 27.6. The lowest BCUT2D eigenvalue weighted by atomic mass is 10.1. The van der Waals surface area contributed by atoms with Crippen LogP contribution in [0.1, 0.15) is 39.7 Å². The lowest BCUT2D eigenvalue weighted by Crippen LogP contribution is -2.52. The van der Waals surface area contributed by atoms with Crippen LogP contribution in [-0.2, 0) is 26.2 Å². The van der Waals surface area contributed by atoms with Gasteiger partial charge >= 0.3 is 0 Å². The van der Waals surface area contributed by atoms with E-state index in [9.17, 15) is 18.0 Å². The molecule has 0 aliphatic carbocycles. The number of hydrogen-bond acceptors (Lipinski definition) is 6. The van der Waals surface area contributed by atoms with Gasteiger partial charge in [0.15, 0.2) is 0 Å². The van der Waals surface area contributed by atoms with Gasteiger partial charge in [-0.05, 0) is 49.1 Å². The van der Waals surface area contributed by atoms with Crippen molar-refractivity contribution in [2.75, 3.05) is 37.4 Å². The molecular weight excluding hydrogens is 494 g/mol. The molecule has 2 aromatic carbocycles. The minimum Gasteiger partial charge on any atom is -0.497 e. The lowest BCUT2D eigenvalue weighted by molar-refractivity contribution is -0.140. The first-order chi connectivity index (χ1) is 17.5. The van der Waals surface area contributed by atoms with Crippen molar-refractivity contribution in [2.24, 2.45) is 5.92 Å². The van der Waals surface area contributed by atoms with Crippen LogP contribution >= 0.6 is 0 Å². The number of rotatable bonds is 14. The van der Waals surface area contributed by atoms with Crippen LogP contribution in [0, 0.1) is 5.92 Å². The number of amides is 2. The fraction of sp³-hybridized carbons (Fsp3) is 0.481. The Labute approximate surface area is 220 Å². The molecule has 9 nitrogen and oxygen atoms in total. The number of anilines is 1. The molecule has 204 valence electrons. The molecule has 0 unspecified atom stereocenters. The maximum Gasteiger partial charge on any atom is 0.244 e. The number of benzene rings is 2. The minimum atomic E-state index is -3.86. The van der Waals surface area contributed by atoms with Crippen molar-refractivity contribution in [3.05, 3.63) is 54.1 Å². The highest BCUT2D eigenvalue weighted by Crippen LogP contribution is 2.30. The van der Waals surface area contributed by atoms with E-state index in [2.05, 4.69) is 5.32 Å². The fourth-order valence-corrected chi connectivity index (χ4v) is 4.70. The van der Waals surface area contributed by atoms with E-state index in [0.29, 0.717) is 31.1 Å². The maximum absolute atomic E-state index is 13.8. The molecule has 0 aliphatic heterocycles. The summed E-state index contributed by atoms with van der Waals surface area (Å²) >= 11 is 0. The van der Waals surface area contributed by atoms with Gasteiger partial charge in [0, 0.05) is 13.1 Å². The Kier molecular flexibility index (Phi) is 11.2. The lowest BCUT2D eigenvalue weighted by Gasteiger charge is -2.33. The van der Waals surface area contributed by atoms with Crippen LogP contribution in [0.4, 0.5) is 5.69 Å². The van der Waals surface area contributed by atoms with Crippen LogP contribution < -0.4 is 19.1 Å². The number of ether oxygens (including phenoxy) is 2. The second-order valence-electron chi connectivity index (χ2n) is 9.11. The third kappa shape index (κ3) is 8.66. The summed E-state index contributed by atoms with van der Waals surface area (Å²) in [6.45, 7) is 8.01. The number of hydrogen-bond donors (Lipinski definition) is 1. The molecule has 0 radical (unpaired) electrons. The fourth-order valence-electron chi connectivity index (χ4n) is 3.85. The van der Waals surface area contributed by atoms with Gasteiger partial charge in [-0.25, -0.2) is 8.42 Å². The smallest absolute Gasteiger partial charge is 0.244 e. The average Bonchev–Trinajstić information content (AvgIpc) is 2.86. The number of methoxy groups -OCH3 is 1. The molecule has 2 amide bonds. The Balaban J connectivity index is 2.48. The SMILES string of the molecule is CCOc1ccccc1N(CC(=O)N(Cc1cccc(OC)c1)[C@@H](CC)C(=O)NCC(C)C)S(C)(=O)=O. The first kappa shape index (κ1) is 30.0. The molecule has 0 spiro atoms. The van der Waals surface area contributed by atoms with Crippen LogP contribution in [0.3, 0.4) is 0 Å². The van der Waals surface area contributed by atoms with Crippen LogP contribution in [0.2, 0.25) is 0 Å². The van der Waals surface area contributed by atoms with E-state index in [-0.39, 0.29) is 24.1 Å². The van der Waals surface area contributed by atoms with Gasteiger partial charge in [0.05, 0.1) is 25.7 Å². The third-order valence-corrected chi connectivity index (χ3v) is 6.80. The van der Waals surface area contributed by atoms with Crippen molar-refractivity contribution in [1.82, 2.24) is 10.2 Å². The predicted octanol–water partition coefficient (Wildman–Crippen LogP) is 3.44. The topological polar surface area (TPSA) is 105 Å². The van der Waals surface area contributed by atoms with Crippen LogP contribution in [-0.4, -0.2) is 64.2 Å². The Morgan fingerprint density at radius 3 is 2.35 bits per heavy atom. The van der Waals surface area contributed by atoms with E-state index in [1.54, 1.807) is 56.5 Å². The van der Waals surface area contributed by atoms with E-state index >= 15 is 0 Å². The monoisotopic (exact) mass is 533 g/mol. The summed E-state index contributed by atoms with van der Waals surface area (Å²) in [4.78, 5) is 28.4. The summed E-state index contributed by atoms with van der Waals surface area (Å²) in [7, 11) is -2.31. The summed E-state index contributed by atoms with van der Waals surface area (Å²) in [5.74, 6) is 0.411. The van der Waals surface area contributed by atoms with Gasteiger partial charge in [-0.1, -0.05) is 45.0 Å². The molecule has 10 heteroatoms. The van der Waals surface area contributed by atoms with Gasteiger partial charge in [0.25, 0.3) is 0 Å². The molecule has 1 atom stereocenters. The molecule has 0 saturated heterocycles. The summed E-state index contributed by atoms with van der Waals surface area (Å²) < 4.78 is 37.7. The highest BCUT2D eigenvalue weighted by molar-refractivity contribution is 7.92. The molecule has 0 bridgehead atoms. The van der Waals surface area contributed by atoms with Crippen LogP contribution in [0.15, 0.2) is 48.5 Å². The zero-order valence-corrected chi connectivity index (χ0v) is 23.4. The molecule has 1 N–H and O–H groups in total. The first-order valence-electron chi connectivity index (χ1n) is 12.4. The number of nitrogens with zero attached hydrogens (tertiary/aromatic N) is 2. The molecule has 0 heterocycles. The van der Waals surface area contributed by atoms with Crippen molar-refractivity contribution in [1.29, 1.82) is 0 Å². The second kappa shape index (κ2) is 13.9. The number of sulfonamides is 1. The Morgan fingerprint density at radius 2 is 1.76 bits per heavy atom. The molecule has 0 aromatic heterocycles. The largest absolute Gasteiger partial charge is 0.497 e. The van der Waals surface area contributed by atoms with Gasteiger partial charge in [-0.3, -0.25) is 13.9 Å². The van der Waals surface area contributed by atoms with Gasteiger partial charge < -0.3 is 19.7 Å². The maximum atomic E-state index is 13.8. The summed E-state index contributed by atoms with van der Waals surface area (Å²) in [6, 6.07) is 13.1. The van der Waals surface area contributed by atoms with Crippen LogP contribution in [0.25, 0.3) is 0 Å². The Bertz CT molecular complexity index is 1150. The quantitative estimate of drug-likeness (QED) is 0.399. The highest BCUT2D eigenvalue weighted by atomic mass is 32.2. The summed E-state index contributed by atoms with van der Waals surface area (Å²) in [5, 5.41) is 2.91. The second-order valence-corrected chi connectivity index (χ2v) is 11.0. The number of para-hydroxylation sites is 2. The molecular formula is C27H39N3O6S. The van der Waals surface area contributed by atoms with Crippen molar-refractivity contribution >= 4 is 27.5 Å². The van der Waals surface area contributed by atoms with Crippen LogP contribution in [0.5, 0.6) is 11.5 Å². The van der Waals surface area contributed by atoms with Crippen molar-refractivity contribution in [2.45, 2.75) is 46.7 Å². The van der Waals surface area contributed by atoms with Crippen molar-refractivity contribution in [3.8, 4) is 11.5 Å². The van der Waals surface area contributed by atoms with E-state index in [4.69, 9.17) is 9.47 Å². The summed E-state index contributed by atoms with van der Waals surface area (Å²) in [5.41, 5.74) is 1.02. The van der Waals surface area contributed by atoms with E-state index < -0.39 is 28.5 Å².